The van der Waals surface area contributed by atoms with E-state index in [1.807, 2.05) is 22.1 Å². The molecular weight excluding hydrogens is 234 g/mol. The van der Waals surface area contributed by atoms with E-state index in [0.29, 0.717) is 25.2 Å². The van der Waals surface area contributed by atoms with Crippen molar-refractivity contribution in [2.45, 2.75) is 19.4 Å². The van der Waals surface area contributed by atoms with Crippen LogP contribution in [0.25, 0.3) is 0 Å². The average molecular weight is 249 g/mol. The Labute approximate surface area is 104 Å². The molecule has 2 N–H and O–H groups in total. The number of nitrogens with zero attached hydrogens (tertiary/aromatic N) is 2. The molecule has 0 unspecified atom stereocenters. The lowest BCUT2D eigenvalue weighted by molar-refractivity contribution is 0.0978. The number of hydrogen-bond acceptors (Lipinski definition) is 4. The highest BCUT2D eigenvalue weighted by molar-refractivity contribution is 7.09. The first kappa shape index (κ1) is 12.0. The molecule has 0 saturated heterocycles. The molecule has 0 aromatic carbocycles. The van der Waals surface area contributed by atoms with E-state index in [4.69, 9.17) is 5.73 Å². The van der Waals surface area contributed by atoms with Crippen molar-refractivity contribution in [3.8, 4) is 0 Å². The molecule has 0 atom stereocenters. The number of carbonyl (C=O) groups excluding carboxylic acids is 1. The minimum absolute atomic E-state index is 0.0918. The Hall–Kier alpha value is -1.46. The minimum Gasteiger partial charge on any atom is -0.335 e. The minimum atomic E-state index is 0.0918. The topological polar surface area (TPSA) is 60.9 Å². The summed E-state index contributed by atoms with van der Waals surface area (Å²) in [7, 11) is 0. The van der Waals surface area contributed by atoms with Gasteiger partial charge in [-0.1, -0.05) is 6.07 Å². The molecule has 0 aliphatic carbocycles. The molecular formula is C12H15N3OS. The van der Waals surface area contributed by atoms with Gasteiger partial charge in [-0.3, -0.25) is 4.79 Å². The number of imidazole rings is 1. The lowest BCUT2D eigenvalue weighted by Crippen LogP contribution is -2.08. The Morgan fingerprint density at radius 3 is 3.12 bits per heavy atom. The van der Waals surface area contributed by atoms with Crippen LogP contribution in [0.3, 0.4) is 0 Å². The molecule has 0 fully saturated rings. The van der Waals surface area contributed by atoms with Crippen LogP contribution in [0.15, 0.2) is 30.0 Å². The monoisotopic (exact) mass is 249 g/mol. The zero-order valence-electron chi connectivity index (χ0n) is 9.50. The molecule has 0 spiro atoms. The summed E-state index contributed by atoms with van der Waals surface area (Å²) >= 11 is 1.68. The maximum absolute atomic E-state index is 11.9. The van der Waals surface area contributed by atoms with Crippen LogP contribution < -0.4 is 5.73 Å². The molecule has 2 rings (SSSR count). The van der Waals surface area contributed by atoms with Gasteiger partial charge in [-0.2, -0.15) is 0 Å². The summed E-state index contributed by atoms with van der Waals surface area (Å²) in [6.07, 6.45) is 4.73. The van der Waals surface area contributed by atoms with E-state index in [9.17, 15) is 4.79 Å². The summed E-state index contributed by atoms with van der Waals surface area (Å²) in [5.41, 5.74) is 5.97. The van der Waals surface area contributed by atoms with E-state index in [2.05, 4.69) is 4.98 Å². The molecule has 17 heavy (non-hydrogen) atoms. The fraction of sp³-hybridized carbons (Fsp3) is 0.333. The van der Waals surface area contributed by atoms with E-state index in [1.165, 1.54) is 4.88 Å². The second-order valence-electron chi connectivity index (χ2n) is 3.79. The fourth-order valence-corrected chi connectivity index (χ4v) is 2.30. The van der Waals surface area contributed by atoms with E-state index in [1.54, 1.807) is 23.9 Å². The largest absolute Gasteiger partial charge is 0.335 e. The first-order valence-electron chi connectivity index (χ1n) is 5.57. The molecule has 0 saturated carbocycles. The van der Waals surface area contributed by atoms with E-state index in [-0.39, 0.29) is 5.78 Å². The quantitative estimate of drug-likeness (QED) is 0.793. The van der Waals surface area contributed by atoms with Crippen LogP contribution in [0.4, 0.5) is 0 Å². The lowest BCUT2D eigenvalue weighted by atomic mass is 10.1. The molecule has 2 aromatic rings. The van der Waals surface area contributed by atoms with Crippen LogP contribution in [0.5, 0.6) is 0 Å². The number of nitrogens with two attached hydrogens (primary N) is 1. The standard InChI is InChI=1S/C12H15N3OS/c13-5-6-15-8-11(14-9-15)12(16)4-3-10-2-1-7-17-10/h1-2,7-9H,3-6,13H2. The van der Waals surface area contributed by atoms with Crippen LogP contribution in [-0.4, -0.2) is 21.9 Å². The highest BCUT2D eigenvalue weighted by Crippen LogP contribution is 2.12. The molecule has 5 heteroatoms. The Kier molecular flexibility index (Phi) is 4.06. The third-order valence-electron chi connectivity index (χ3n) is 2.48. The van der Waals surface area contributed by atoms with Crippen molar-refractivity contribution in [2.75, 3.05) is 6.54 Å². The molecule has 2 aromatic heterocycles. The second-order valence-corrected chi connectivity index (χ2v) is 4.82. The molecule has 0 radical (unpaired) electrons. The Morgan fingerprint density at radius 1 is 1.53 bits per heavy atom. The van der Waals surface area contributed by atoms with Crippen molar-refractivity contribution in [3.63, 3.8) is 0 Å². The zero-order chi connectivity index (χ0) is 12.1. The summed E-state index contributed by atoms with van der Waals surface area (Å²) in [6, 6.07) is 4.05. The number of ketones is 1. The van der Waals surface area contributed by atoms with Gasteiger partial charge in [0.25, 0.3) is 0 Å². The molecule has 0 aliphatic heterocycles. The van der Waals surface area contributed by atoms with Crippen molar-refractivity contribution in [1.82, 2.24) is 9.55 Å². The van der Waals surface area contributed by atoms with Crippen LogP contribution in [-0.2, 0) is 13.0 Å². The van der Waals surface area contributed by atoms with Crippen molar-refractivity contribution >= 4 is 17.1 Å². The van der Waals surface area contributed by atoms with Crippen molar-refractivity contribution in [1.29, 1.82) is 0 Å². The van der Waals surface area contributed by atoms with Gasteiger partial charge < -0.3 is 10.3 Å². The molecule has 0 bridgehead atoms. The third-order valence-corrected chi connectivity index (χ3v) is 3.42. The van der Waals surface area contributed by atoms with Gasteiger partial charge in [0, 0.05) is 30.6 Å². The van der Waals surface area contributed by atoms with Crippen LogP contribution in [0.2, 0.25) is 0 Å². The zero-order valence-corrected chi connectivity index (χ0v) is 10.3. The highest BCUT2D eigenvalue weighted by Gasteiger charge is 2.09. The SMILES string of the molecule is NCCn1cnc(C(=O)CCc2cccs2)c1. The first-order valence-corrected chi connectivity index (χ1v) is 6.45. The van der Waals surface area contributed by atoms with Crippen molar-refractivity contribution < 1.29 is 4.79 Å². The number of aryl methyl sites for hydroxylation is 1. The third kappa shape index (κ3) is 3.25. The number of thiophene rings is 1. The molecule has 4 nitrogen and oxygen atoms in total. The normalized spacial score (nSPS) is 10.6. The average Bonchev–Trinajstić information content (AvgIpc) is 2.97. The number of hydrogen-bond donors (Lipinski definition) is 1. The first-order chi connectivity index (χ1) is 8.29. The summed E-state index contributed by atoms with van der Waals surface area (Å²) in [5, 5.41) is 2.02. The Morgan fingerprint density at radius 2 is 2.41 bits per heavy atom. The summed E-state index contributed by atoms with van der Waals surface area (Å²) < 4.78 is 1.85. The van der Waals surface area contributed by atoms with Gasteiger partial charge in [0.05, 0.1) is 6.33 Å². The number of aromatic nitrogens is 2. The van der Waals surface area contributed by atoms with Gasteiger partial charge in [0.15, 0.2) is 5.78 Å². The number of rotatable bonds is 6. The van der Waals surface area contributed by atoms with Crippen LogP contribution in [0, 0.1) is 0 Å². The molecule has 0 amide bonds. The van der Waals surface area contributed by atoms with Crippen LogP contribution in [0.1, 0.15) is 21.8 Å². The van der Waals surface area contributed by atoms with Gasteiger partial charge in [0.1, 0.15) is 5.69 Å². The number of carbonyl (C=O) groups is 1. The van der Waals surface area contributed by atoms with Crippen LogP contribution >= 0.6 is 11.3 Å². The molecule has 90 valence electrons. The van der Waals surface area contributed by atoms with E-state index >= 15 is 0 Å². The van der Waals surface area contributed by atoms with Gasteiger partial charge in [-0.05, 0) is 17.9 Å². The number of Topliss-reactive ketones (excluding diaryl/α,β-unsaturated/α-hetero) is 1. The van der Waals surface area contributed by atoms with E-state index in [0.717, 1.165) is 6.42 Å². The maximum atomic E-state index is 11.9. The van der Waals surface area contributed by atoms with Gasteiger partial charge in [0.2, 0.25) is 0 Å². The lowest BCUT2D eigenvalue weighted by Gasteiger charge is -1.97. The smallest absolute Gasteiger partial charge is 0.183 e. The Bertz CT molecular complexity index is 476. The van der Waals surface area contributed by atoms with Gasteiger partial charge in [-0.15, -0.1) is 11.3 Å². The fourth-order valence-electron chi connectivity index (χ4n) is 1.60. The predicted octanol–water partition coefficient (Wildman–Crippen LogP) is 1.72. The highest BCUT2D eigenvalue weighted by atomic mass is 32.1. The van der Waals surface area contributed by atoms with Gasteiger partial charge >= 0.3 is 0 Å². The predicted molar refractivity (Wildman–Crippen MR) is 68.3 cm³/mol. The summed E-state index contributed by atoms with van der Waals surface area (Å²) in [4.78, 5) is 17.2. The van der Waals surface area contributed by atoms with Crippen molar-refractivity contribution in [3.05, 3.63) is 40.6 Å². The molecule has 2 heterocycles. The summed E-state index contributed by atoms with van der Waals surface area (Å²) in [6.45, 7) is 1.25. The maximum Gasteiger partial charge on any atom is 0.183 e. The Balaban J connectivity index is 1.90. The van der Waals surface area contributed by atoms with E-state index < -0.39 is 0 Å². The van der Waals surface area contributed by atoms with Crippen molar-refractivity contribution in [2.24, 2.45) is 5.73 Å². The molecule has 0 aliphatic rings. The second kappa shape index (κ2) is 5.75. The van der Waals surface area contributed by atoms with Gasteiger partial charge in [-0.25, -0.2) is 4.98 Å². The summed E-state index contributed by atoms with van der Waals surface area (Å²) in [5.74, 6) is 0.0918.